The lowest BCUT2D eigenvalue weighted by atomic mass is 10.0. The maximum Gasteiger partial charge on any atom is 0.264 e. The summed E-state index contributed by atoms with van der Waals surface area (Å²) in [5, 5.41) is 14.4. The second kappa shape index (κ2) is 11.4. The second-order valence-corrected chi connectivity index (χ2v) is 8.13. The fraction of sp³-hybridized carbons (Fsp3) is 0.296. The normalized spacial score (nSPS) is 14.0. The minimum Gasteiger partial charge on any atom is -0.491 e. The summed E-state index contributed by atoms with van der Waals surface area (Å²) in [4.78, 5) is 14.6. The Hall–Kier alpha value is -3.96. The van der Waals surface area contributed by atoms with Crippen LogP contribution in [0, 0.1) is 17.1 Å². The molecule has 1 amide bonds. The molecule has 1 aliphatic heterocycles. The lowest BCUT2D eigenvalue weighted by Crippen LogP contribution is -2.41. The summed E-state index contributed by atoms with van der Waals surface area (Å²) < 4.78 is 27.3. The number of hydrogen-bond acceptors (Lipinski definition) is 5. The van der Waals surface area contributed by atoms with E-state index in [-0.39, 0.29) is 17.2 Å². The van der Waals surface area contributed by atoms with E-state index in [1.807, 2.05) is 43.3 Å². The Morgan fingerprint density at radius 2 is 2.00 bits per heavy atom. The van der Waals surface area contributed by atoms with Gasteiger partial charge in [0.05, 0.1) is 25.5 Å². The zero-order valence-electron chi connectivity index (χ0n) is 19.6. The van der Waals surface area contributed by atoms with E-state index in [0.29, 0.717) is 49.7 Å². The number of carbonyl (C=O) groups is 1. The lowest BCUT2D eigenvalue weighted by molar-refractivity contribution is -0.130. The molecule has 35 heavy (non-hydrogen) atoms. The first-order valence-corrected chi connectivity index (χ1v) is 11.7. The molecule has 4 rings (SSSR count). The standard InChI is InChI=1S/C27H27FN4O3/c1-2-3-13-35-25-10-9-20(17-24(25)28)26-22(19-32(30-26)23-7-5-4-6-8-23)16-21(18-29)27(33)31-11-14-34-15-12-31/h4-10,16-17,19H,2-3,11-15H2,1H3/b21-16-. The van der Waals surface area contributed by atoms with Gasteiger partial charge in [-0.1, -0.05) is 31.5 Å². The van der Waals surface area contributed by atoms with Gasteiger partial charge < -0.3 is 14.4 Å². The SMILES string of the molecule is CCCCOc1ccc(-c2nn(-c3ccccc3)cc2/C=C(/C#N)C(=O)N2CCOCC2)cc1F. The highest BCUT2D eigenvalue weighted by Gasteiger charge is 2.22. The smallest absolute Gasteiger partial charge is 0.264 e. The minimum atomic E-state index is -0.493. The Bertz CT molecular complexity index is 1240. The molecule has 0 N–H and O–H groups in total. The number of hydrogen-bond donors (Lipinski definition) is 0. The second-order valence-electron chi connectivity index (χ2n) is 8.13. The number of rotatable bonds is 8. The van der Waals surface area contributed by atoms with Crippen LogP contribution in [0.15, 0.2) is 60.3 Å². The van der Waals surface area contributed by atoms with Crippen LogP contribution in [-0.4, -0.2) is 53.5 Å². The van der Waals surface area contributed by atoms with Crippen molar-refractivity contribution in [2.24, 2.45) is 0 Å². The summed E-state index contributed by atoms with van der Waals surface area (Å²) in [5.41, 5.74) is 2.29. The van der Waals surface area contributed by atoms with E-state index < -0.39 is 5.82 Å². The molecule has 1 saturated heterocycles. The fourth-order valence-electron chi connectivity index (χ4n) is 3.76. The molecule has 1 fully saturated rings. The average Bonchev–Trinajstić information content (AvgIpc) is 3.33. The first-order chi connectivity index (χ1) is 17.1. The molecule has 2 aromatic carbocycles. The number of carbonyl (C=O) groups excluding carboxylic acids is 1. The molecule has 3 aromatic rings. The van der Waals surface area contributed by atoms with Crippen molar-refractivity contribution in [1.29, 1.82) is 5.26 Å². The zero-order valence-corrected chi connectivity index (χ0v) is 19.6. The molecule has 0 spiro atoms. The van der Waals surface area contributed by atoms with Gasteiger partial charge in [-0.3, -0.25) is 4.79 Å². The zero-order chi connectivity index (χ0) is 24.6. The van der Waals surface area contributed by atoms with Crippen LogP contribution in [0.1, 0.15) is 25.3 Å². The van der Waals surface area contributed by atoms with Crippen molar-refractivity contribution >= 4 is 12.0 Å². The van der Waals surface area contributed by atoms with E-state index in [2.05, 4.69) is 5.10 Å². The number of benzene rings is 2. The Kier molecular flexibility index (Phi) is 7.91. The van der Waals surface area contributed by atoms with Gasteiger partial charge in [0, 0.05) is 30.4 Å². The number of ether oxygens (including phenoxy) is 2. The summed E-state index contributed by atoms with van der Waals surface area (Å²) in [6.45, 7) is 4.22. The quantitative estimate of drug-likeness (QED) is 0.270. The molecule has 0 bridgehead atoms. The molecule has 180 valence electrons. The molecule has 1 aromatic heterocycles. The van der Waals surface area contributed by atoms with Gasteiger partial charge in [-0.2, -0.15) is 10.4 Å². The average molecular weight is 475 g/mol. The number of morpholine rings is 1. The van der Waals surface area contributed by atoms with Gasteiger partial charge in [0.25, 0.3) is 5.91 Å². The number of nitriles is 1. The van der Waals surface area contributed by atoms with Crippen molar-refractivity contribution in [3.8, 4) is 28.8 Å². The maximum absolute atomic E-state index is 14.8. The molecule has 0 atom stereocenters. The lowest BCUT2D eigenvalue weighted by Gasteiger charge is -2.26. The number of unbranched alkanes of at least 4 members (excludes halogenated alkanes) is 1. The highest BCUT2D eigenvalue weighted by Crippen LogP contribution is 2.30. The highest BCUT2D eigenvalue weighted by molar-refractivity contribution is 6.02. The first-order valence-electron chi connectivity index (χ1n) is 11.7. The topological polar surface area (TPSA) is 80.4 Å². The molecule has 8 heteroatoms. The Morgan fingerprint density at radius 3 is 2.69 bits per heavy atom. The van der Waals surface area contributed by atoms with Crippen LogP contribution < -0.4 is 4.74 Å². The highest BCUT2D eigenvalue weighted by atomic mass is 19.1. The predicted octanol–water partition coefficient (Wildman–Crippen LogP) is 4.62. The van der Waals surface area contributed by atoms with Crippen molar-refractivity contribution in [2.75, 3.05) is 32.9 Å². The molecule has 0 unspecified atom stereocenters. The van der Waals surface area contributed by atoms with Crippen LogP contribution in [0.2, 0.25) is 0 Å². The van der Waals surface area contributed by atoms with Crippen molar-refractivity contribution in [1.82, 2.24) is 14.7 Å². The summed E-state index contributed by atoms with van der Waals surface area (Å²) in [6, 6.07) is 16.2. The van der Waals surface area contributed by atoms with Gasteiger partial charge in [-0.15, -0.1) is 0 Å². The Labute approximate surface area is 204 Å². The van der Waals surface area contributed by atoms with Crippen LogP contribution in [0.4, 0.5) is 4.39 Å². The van der Waals surface area contributed by atoms with E-state index in [0.717, 1.165) is 18.5 Å². The maximum atomic E-state index is 14.8. The summed E-state index contributed by atoms with van der Waals surface area (Å²) in [5.74, 6) is -0.672. The van der Waals surface area contributed by atoms with Gasteiger partial charge in [0.1, 0.15) is 17.3 Å². The molecule has 0 radical (unpaired) electrons. The van der Waals surface area contributed by atoms with Crippen molar-refractivity contribution in [3.63, 3.8) is 0 Å². The molecule has 7 nitrogen and oxygen atoms in total. The van der Waals surface area contributed by atoms with E-state index in [1.54, 1.807) is 27.9 Å². The largest absolute Gasteiger partial charge is 0.491 e. The Morgan fingerprint density at radius 1 is 1.23 bits per heavy atom. The summed E-state index contributed by atoms with van der Waals surface area (Å²) in [6.07, 6.45) is 5.05. The third kappa shape index (κ3) is 5.76. The van der Waals surface area contributed by atoms with Crippen molar-refractivity contribution < 1.29 is 18.7 Å². The number of aromatic nitrogens is 2. The van der Waals surface area contributed by atoms with Crippen molar-refractivity contribution in [3.05, 3.63) is 71.7 Å². The summed E-state index contributed by atoms with van der Waals surface area (Å²) >= 11 is 0. The minimum absolute atomic E-state index is 0.0132. The number of amides is 1. The molecule has 1 aliphatic rings. The van der Waals surface area contributed by atoms with Crippen LogP contribution >= 0.6 is 0 Å². The monoisotopic (exact) mass is 474 g/mol. The first kappa shape index (κ1) is 24.2. The Balaban J connectivity index is 1.73. The number of nitrogens with zero attached hydrogens (tertiary/aromatic N) is 4. The van der Waals surface area contributed by atoms with Gasteiger partial charge in [-0.05, 0) is 42.8 Å². The van der Waals surface area contributed by atoms with Crippen LogP contribution in [-0.2, 0) is 9.53 Å². The summed E-state index contributed by atoms with van der Waals surface area (Å²) in [7, 11) is 0. The van der Waals surface area contributed by atoms with E-state index >= 15 is 0 Å². The van der Waals surface area contributed by atoms with E-state index in [9.17, 15) is 14.4 Å². The van der Waals surface area contributed by atoms with Crippen LogP contribution in [0.5, 0.6) is 5.75 Å². The van der Waals surface area contributed by atoms with Gasteiger partial charge in [0.15, 0.2) is 11.6 Å². The van der Waals surface area contributed by atoms with Crippen molar-refractivity contribution in [2.45, 2.75) is 19.8 Å². The fourth-order valence-corrected chi connectivity index (χ4v) is 3.76. The van der Waals surface area contributed by atoms with Crippen LogP contribution in [0.25, 0.3) is 23.0 Å². The predicted molar refractivity (Wildman–Crippen MR) is 130 cm³/mol. The molecular formula is C27H27FN4O3. The third-order valence-corrected chi connectivity index (χ3v) is 5.67. The van der Waals surface area contributed by atoms with Gasteiger partial charge >= 0.3 is 0 Å². The van der Waals surface area contributed by atoms with Crippen LogP contribution in [0.3, 0.4) is 0 Å². The van der Waals surface area contributed by atoms with Gasteiger partial charge in [0.2, 0.25) is 0 Å². The van der Waals surface area contributed by atoms with E-state index in [4.69, 9.17) is 9.47 Å². The third-order valence-electron chi connectivity index (χ3n) is 5.67. The van der Waals surface area contributed by atoms with E-state index in [1.165, 1.54) is 12.1 Å². The van der Waals surface area contributed by atoms with Gasteiger partial charge in [-0.25, -0.2) is 9.07 Å². The number of para-hydroxylation sites is 1. The molecule has 0 aliphatic carbocycles. The molecule has 2 heterocycles. The number of halogens is 1. The molecule has 0 saturated carbocycles. The molecular weight excluding hydrogens is 447 g/mol.